The maximum absolute atomic E-state index is 12.8. The first kappa shape index (κ1) is 15.7. The molecular formula is C17H19NO5. The highest BCUT2D eigenvalue weighted by Crippen LogP contribution is 2.35. The molecule has 1 heterocycles. The fourth-order valence-corrected chi connectivity index (χ4v) is 3.56. The van der Waals surface area contributed by atoms with Gasteiger partial charge >= 0.3 is 5.97 Å². The van der Waals surface area contributed by atoms with Crippen molar-refractivity contribution in [2.24, 2.45) is 0 Å². The molecule has 1 aromatic rings. The van der Waals surface area contributed by atoms with Crippen LogP contribution in [0, 0.1) is 0 Å². The van der Waals surface area contributed by atoms with Crippen LogP contribution in [0.15, 0.2) is 24.3 Å². The summed E-state index contributed by atoms with van der Waals surface area (Å²) in [5, 5.41) is 18.7. The van der Waals surface area contributed by atoms with Crippen molar-refractivity contribution in [1.29, 1.82) is 0 Å². The topological polar surface area (TPSA) is 94.9 Å². The first-order chi connectivity index (χ1) is 11.0. The number of carbonyl (C=O) groups is 3. The quantitative estimate of drug-likeness (QED) is 0.824. The van der Waals surface area contributed by atoms with Crippen molar-refractivity contribution < 1.29 is 24.6 Å². The molecular weight excluding hydrogens is 298 g/mol. The number of fused-ring (bicyclic) bond motifs is 1. The van der Waals surface area contributed by atoms with Gasteiger partial charge in [0.25, 0.3) is 5.91 Å². The van der Waals surface area contributed by atoms with Crippen LogP contribution in [-0.4, -0.2) is 45.0 Å². The second-order valence-corrected chi connectivity index (χ2v) is 6.21. The smallest absolute Gasteiger partial charge is 0.304 e. The minimum Gasteiger partial charge on any atom is -0.481 e. The van der Waals surface area contributed by atoms with E-state index in [0.717, 1.165) is 0 Å². The van der Waals surface area contributed by atoms with Gasteiger partial charge in [-0.05, 0) is 37.3 Å². The van der Waals surface area contributed by atoms with Crippen molar-refractivity contribution in [3.8, 4) is 0 Å². The van der Waals surface area contributed by atoms with Crippen LogP contribution >= 0.6 is 0 Å². The van der Waals surface area contributed by atoms with Gasteiger partial charge in [0.1, 0.15) is 0 Å². The number of imide groups is 1. The van der Waals surface area contributed by atoms with Crippen LogP contribution in [0.2, 0.25) is 0 Å². The number of nitrogens with zero attached hydrogens (tertiary/aromatic N) is 1. The number of aliphatic hydroxyl groups is 1. The molecule has 1 unspecified atom stereocenters. The average Bonchev–Trinajstić information content (AvgIpc) is 2.53. The Morgan fingerprint density at radius 1 is 1.13 bits per heavy atom. The molecule has 1 aliphatic heterocycles. The maximum Gasteiger partial charge on any atom is 0.304 e. The zero-order valence-electron chi connectivity index (χ0n) is 12.6. The number of carbonyl (C=O) groups excluding carboxylic acids is 2. The van der Waals surface area contributed by atoms with Gasteiger partial charge in [0.15, 0.2) is 0 Å². The minimum atomic E-state index is -1.06. The molecule has 2 amide bonds. The van der Waals surface area contributed by atoms with E-state index in [1.807, 2.05) is 0 Å². The molecule has 0 bridgehead atoms. The second kappa shape index (κ2) is 6.12. The third kappa shape index (κ3) is 2.86. The molecule has 122 valence electrons. The van der Waals surface area contributed by atoms with Crippen LogP contribution in [0.4, 0.5) is 0 Å². The molecule has 1 saturated carbocycles. The molecule has 3 rings (SSSR count). The number of benzene rings is 1. The lowest BCUT2D eigenvalue weighted by molar-refractivity contribution is -0.142. The van der Waals surface area contributed by atoms with Gasteiger partial charge < -0.3 is 10.2 Å². The van der Waals surface area contributed by atoms with Gasteiger partial charge in [0, 0.05) is 11.6 Å². The molecule has 0 aromatic heterocycles. The summed E-state index contributed by atoms with van der Waals surface area (Å²) < 4.78 is 0. The zero-order chi connectivity index (χ0) is 16.6. The van der Waals surface area contributed by atoms with E-state index in [0.29, 0.717) is 36.8 Å². The van der Waals surface area contributed by atoms with Crippen LogP contribution < -0.4 is 0 Å². The van der Waals surface area contributed by atoms with Gasteiger partial charge in [-0.25, -0.2) is 0 Å². The van der Waals surface area contributed by atoms with Crippen molar-refractivity contribution in [2.45, 2.75) is 50.2 Å². The molecule has 6 nitrogen and oxygen atoms in total. The Bertz CT molecular complexity index is 648. The number of aliphatic hydroxyl groups excluding tert-OH is 1. The van der Waals surface area contributed by atoms with Crippen LogP contribution in [0.25, 0.3) is 0 Å². The number of amides is 2. The van der Waals surface area contributed by atoms with Gasteiger partial charge in [0.2, 0.25) is 5.91 Å². The van der Waals surface area contributed by atoms with Crippen molar-refractivity contribution >= 4 is 17.8 Å². The Kier molecular flexibility index (Phi) is 4.17. The van der Waals surface area contributed by atoms with Crippen LogP contribution in [0.1, 0.15) is 53.9 Å². The summed E-state index contributed by atoms with van der Waals surface area (Å²) >= 11 is 0. The summed E-state index contributed by atoms with van der Waals surface area (Å²) in [4.78, 5) is 37.9. The van der Waals surface area contributed by atoms with Crippen molar-refractivity contribution in [1.82, 2.24) is 4.90 Å². The van der Waals surface area contributed by atoms with Crippen LogP contribution in [0.3, 0.4) is 0 Å². The van der Waals surface area contributed by atoms with Crippen LogP contribution in [0.5, 0.6) is 0 Å². The normalized spacial score (nSPS) is 27.7. The number of rotatable bonds is 3. The molecule has 23 heavy (non-hydrogen) atoms. The Morgan fingerprint density at radius 3 is 2.43 bits per heavy atom. The Hall–Kier alpha value is -2.21. The number of hydrogen-bond donors (Lipinski definition) is 2. The third-order valence-electron chi connectivity index (χ3n) is 4.73. The fourth-order valence-electron chi connectivity index (χ4n) is 3.56. The summed E-state index contributed by atoms with van der Waals surface area (Å²) in [6.07, 6.45) is 1.50. The lowest BCUT2D eigenvalue weighted by atomic mass is 9.83. The van der Waals surface area contributed by atoms with Gasteiger partial charge in [-0.1, -0.05) is 18.2 Å². The van der Waals surface area contributed by atoms with Gasteiger partial charge in [-0.15, -0.1) is 0 Å². The third-order valence-corrected chi connectivity index (χ3v) is 4.73. The number of aliphatic carboxylic acids is 1. The van der Waals surface area contributed by atoms with Gasteiger partial charge in [-0.2, -0.15) is 0 Å². The van der Waals surface area contributed by atoms with Crippen molar-refractivity contribution in [3.05, 3.63) is 35.4 Å². The molecule has 1 atom stereocenters. The summed E-state index contributed by atoms with van der Waals surface area (Å²) in [5.74, 6) is -2.68. The van der Waals surface area contributed by atoms with Crippen molar-refractivity contribution in [3.63, 3.8) is 0 Å². The Labute approximate surface area is 133 Å². The molecule has 2 aliphatic rings. The SMILES string of the molecule is O=C(O)CC1C(=O)N(C2CCC(O)CC2)C(=O)c2ccccc21. The largest absolute Gasteiger partial charge is 0.481 e. The maximum atomic E-state index is 12.8. The first-order valence-corrected chi connectivity index (χ1v) is 7.85. The van der Waals surface area contributed by atoms with Crippen LogP contribution in [-0.2, 0) is 9.59 Å². The molecule has 0 spiro atoms. The first-order valence-electron chi connectivity index (χ1n) is 7.85. The molecule has 6 heteroatoms. The fraction of sp³-hybridized carbons (Fsp3) is 0.471. The molecule has 1 aromatic carbocycles. The Morgan fingerprint density at radius 2 is 1.78 bits per heavy atom. The highest BCUT2D eigenvalue weighted by Gasteiger charge is 2.43. The van der Waals surface area contributed by atoms with E-state index in [9.17, 15) is 19.5 Å². The minimum absolute atomic E-state index is 0.261. The Balaban J connectivity index is 1.97. The molecule has 2 N–H and O–H groups in total. The van der Waals surface area contributed by atoms with E-state index in [1.165, 1.54) is 4.90 Å². The highest BCUT2D eigenvalue weighted by molar-refractivity contribution is 6.12. The average molecular weight is 317 g/mol. The van der Waals surface area contributed by atoms with E-state index in [-0.39, 0.29) is 24.5 Å². The summed E-state index contributed by atoms with van der Waals surface area (Å²) in [6.45, 7) is 0. The summed E-state index contributed by atoms with van der Waals surface area (Å²) in [5.41, 5.74) is 0.904. The molecule has 1 fully saturated rings. The second-order valence-electron chi connectivity index (χ2n) is 6.21. The summed E-state index contributed by atoms with van der Waals surface area (Å²) in [7, 11) is 0. The van der Waals surface area contributed by atoms with Crippen molar-refractivity contribution in [2.75, 3.05) is 0 Å². The zero-order valence-corrected chi connectivity index (χ0v) is 12.6. The lowest BCUT2D eigenvalue weighted by Gasteiger charge is -2.39. The van der Waals surface area contributed by atoms with E-state index in [2.05, 4.69) is 0 Å². The predicted octanol–water partition coefficient (Wildman–Crippen LogP) is 1.53. The van der Waals surface area contributed by atoms with E-state index in [1.54, 1.807) is 24.3 Å². The van der Waals surface area contributed by atoms with E-state index < -0.39 is 17.8 Å². The molecule has 0 radical (unpaired) electrons. The van der Waals surface area contributed by atoms with E-state index >= 15 is 0 Å². The van der Waals surface area contributed by atoms with Gasteiger partial charge in [-0.3, -0.25) is 19.3 Å². The van der Waals surface area contributed by atoms with E-state index in [4.69, 9.17) is 5.11 Å². The standard InChI is InChI=1S/C17H19NO5/c19-11-7-5-10(6-8-11)18-16(22)13-4-2-1-3-12(13)14(17(18)23)9-15(20)21/h1-4,10-11,14,19H,5-9H2,(H,20,21). The number of carboxylic acid groups (broad SMARTS) is 1. The predicted molar refractivity (Wildman–Crippen MR) is 80.9 cm³/mol. The number of hydrogen-bond acceptors (Lipinski definition) is 4. The molecule has 0 saturated heterocycles. The van der Waals surface area contributed by atoms with Gasteiger partial charge in [0.05, 0.1) is 18.4 Å². The molecule has 1 aliphatic carbocycles. The highest BCUT2D eigenvalue weighted by atomic mass is 16.4. The summed E-state index contributed by atoms with van der Waals surface area (Å²) in [6, 6.07) is 6.46. The number of carboxylic acids is 1. The lowest BCUT2D eigenvalue weighted by Crippen LogP contribution is -2.51. The monoisotopic (exact) mass is 317 g/mol.